The second kappa shape index (κ2) is 7.33. The number of benzene rings is 1. The van der Waals surface area contributed by atoms with Crippen molar-refractivity contribution in [2.24, 2.45) is 5.16 Å². The van der Waals surface area contributed by atoms with Crippen molar-refractivity contribution in [1.82, 2.24) is 4.90 Å². The first-order valence-corrected chi connectivity index (χ1v) is 7.89. The minimum absolute atomic E-state index is 0.133. The third-order valence-corrected chi connectivity index (χ3v) is 4.43. The first kappa shape index (κ1) is 14.9. The number of amides is 1. The normalized spacial score (nSPS) is 16.2. The summed E-state index contributed by atoms with van der Waals surface area (Å²) in [7, 11) is 0. The molecule has 0 radical (unpaired) electrons. The molecule has 0 bridgehead atoms. The second-order valence-electron chi connectivity index (χ2n) is 5.00. The Kier molecular flexibility index (Phi) is 5.47. The number of rotatable bonds is 4. The van der Waals surface area contributed by atoms with Crippen LogP contribution in [0.4, 0.5) is 0 Å². The Balaban J connectivity index is 1.91. The lowest BCUT2D eigenvalue weighted by Gasteiger charge is -2.26. The van der Waals surface area contributed by atoms with Gasteiger partial charge in [-0.15, -0.1) is 11.8 Å². The predicted octanol–water partition coefficient (Wildman–Crippen LogP) is 2.93. The van der Waals surface area contributed by atoms with Gasteiger partial charge in [-0.25, -0.2) is 0 Å². The number of aryl methyl sites for hydroxylation is 1. The summed E-state index contributed by atoms with van der Waals surface area (Å²) < 4.78 is 0. The van der Waals surface area contributed by atoms with E-state index in [1.165, 1.54) is 23.7 Å². The van der Waals surface area contributed by atoms with Gasteiger partial charge in [0.15, 0.2) is 5.71 Å². The molecule has 5 heteroatoms. The number of piperidine rings is 1. The Morgan fingerprint density at radius 3 is 2.50 bits per heavy atom. The van der Waals surface area contributed by atoms with Crippen molar-refractivity contribution in [3.8, 4) is 0 Å². The monoisotopic (exact) mass is 292 g/mol. The topological polar surface area (TPSA) is 52.9 Å². The molecule has 0 saturated carbocycles. The van der Waals surface area contributed by atoms with E-state index < -0.39 is 0 Å². The number of carbonyl (C=O) groups is 1. The Bertz CT molecular complexity index is 479. The molecule has 0 aliphatic carbocycles. The quantitative estimate of drug-likeness (QED) is 0.402. The van der Waals surface area contributed by atoms with Gasteiger partial charge < -0.3 is 10.1 Å². The van der Waals surface area contributed by atoms with Crippen molar-refractivity contribution >= 4 is 23.4 Å². The molecule has 2 rings (SSSR count). The maximum Gasteiger partial charge on any atom is 0.272 e. The lowest BCUT2D eigenvalue weighted by Crippen LogP contribution is -2.40. The molecular formula is C15H20N2O2S. The largest absolute Gasteiger partial charge is 0.410 e. The van der Waals surface area contributed by atoms with E-state index in [1.807, 2.05) is 31.2 Å². The fraction of sp³-hybridized carbons (Fsp3) is 0.467. The summed E-state index contributed by atoms with van der Waals surface area (Å²) in [6.45, 7) is 3.58. The van der Waals surface area contributed by atoms with Crippen molar-refractivity contribution in [3.63, 3.8) is 0 Å². The van der Waals surface area contributed by atoms with Crippen LogP contribution in [0.15, 0.2) is 34.3 Å². The SMILES string of the molecule is Cc1ccc(SCC(=NO)C(=O)N2CCCCC2)cc1. The molecule has 1 aliphatic rings. The average Bonchev–Trinajstić information content (AvgIpc) is 2.50. The number of nitrogens with zero attached hydrogens (tertiary/aromatic N) is 2. The third-order valence-electron chi connectivity index (χ3n) is 3.41. The lowest BCUT2D eigenvalue weighted by atomic mass is 10.1. The van der Waals surface area contributed by atoms with Gasteiger partial charge in [0.2, 0.25) is 0 Å². The molecule has 1 aromatic rings. The number of hydrogen-bond acceptors (Lipinski definition) is 4. The Morgan fingerprint density at radius 2 is 1.90 bits per heavy atom. The van der Waals surface area contributed by atoms with Crippen molar-refractivity contribution in [2.75, 3.05) is 18.8 Å². The van der Waals surface area contributed by atoms with Gasteiger partial charge in [-0.3, -0.25) is 4.79 Å². The zero-order valence-corrected chi connectivity index (χ0v) is 12.5. The first-order valence-electron chi connectivity index (χ1n) is 6.90. The first-order chi connectivity index (χ1) is 9.70. The van der Waals surface area contributed by atoms with Crippen LogP contribution in [0.5, 0.6) is 0 Å². The molecule has 0 spiro atoms. The van der Waals surface area contributed by atoms with Crippen molar-refractivity contribution in [1.29, 1.82) is 0 Å². The number of hydrogen-bond donors (Lipinski definition) is 1. The number of thioether (sulfide) groups is 1. The molecule has 1 N–H and O–H groups in total. The summed E-state index contributed by atoms with van der Waals surface area (Å²) in [5.41, 5.74) is 1.44. The van der Waals surface area contributed by atoms with Crippen LogP contribution >= 0.6 is 11.8 Å². The highest BCUT2D eigenvalue weighted by Gasteiger charge is 2.22. The smallest absolute Gasteiger partial charge is 0.272 e. The van der Waals surface area contributed by atoms with Crippen LogP contribution in [0.3, 0.4) is 0 Å². The number of oxime groups is 1. The van der Waals surface area contributed by atoms with E-state index in [9.17, 15) is 4.79 Å². The average molecular weight is 292 g/mol. The van der Waals surface area contributed by atoms with E-state index >= 15 is 0 Å². The zero-order valence-electron chi connectivity index (χ0n) is 11.7. The van der Waals surface area contributed by atoms with Gasteiger partial charge in [0.25, 0.3) is 5.91 Å². The second-order valence-corrected chi connectivity index (χ2v) is 6.05. The van der Waals surface area contributed by atoms with Crippen LogP contribution in [0.25, 0.3) is 0 Å². The molecule has 20 heavy (non-hydrogen) atoms. The Morgan fingerprint density at radius 1 is 1.25 bits per heavy atom. The maximum atomic E-state index is 12.2. The molecule has 1 saturated heterocycles. The molecule has 1 heterocycles. The predicted molar refractivity (Wildman–Crippen MR) is 81.6 cm³/mol. The molecule has 1 aliphatic heterocycles. The highest BCUT2D eigenvalue weighted by molar-refractivity contribution is 8.00. The fourth-order valence-electron chi connectivity index (χ4n) is 2.20. The summed E-state index contributed by atoms with van der Waals surface area (Å²) in [6, 6.07) is 8.09. The van der Waals surface area contributed by atoms with Crippen molar-refractivity contribution in [2.45, 2.75) is 31.1 Å². The molecular weight excluding hydrogens is 272 g/mol. The van der Waals surface area contributed by atoms with Crippen LogP contribution in [-0.2, 0) is 4.79 Å². The maximum absolute atomic E-state index is 12.2. The van der Waals surface area contributed by atoms with Gasteiger partial charge in [0, 0.05) is 23.7 Å². The standard InChI is InChI=1S/C15H20N2O2S/c1-12-5-7-13(8-6-12)20-11-14(16-19)15(18)17-9-3-2-4-10-17/h5-8,19H,2-4,9-11H2,1H3. The number of likely N-dealkylation sites (tertiary alicyclic amines) is 1. The van der Waals surface area contributed by atoms with Crippen molar-refractivity contribution in [3.05, 3.63) is 29.8 Å². The van der Waals surface area contributed by atoms with Gasteiger partial charge in [0.05, 0.1) is 0 Å². The lowest BCUT2D eigenvalue weighted by molar-refractivity contribution is -0.125. The minimum Gasteiger partial charge on any atom is -0.410 e. The van der Waals surface area contributed by atoms with E-state index in [2.05, 4.69) is 5.16 Å². The summed E-state index contributed by atoms with van der Waals surface area (Å²) in [5.74, 6) is 0.265. The van der Waals surface area contributed by atoms with Gasteiger partial charge >= 0.3 is 0 Å². The molecule has 1 amide bonds. The van der Waals surface area contributed by atoms with E-state index in [0.717, 1.165) is 30.8 Å². The molecule has 0 unspecified atom stereocenters. The van der Waals surface area contributed by atoms with Gasteiger partial charge in [-0.2, -0.15) is 0 Å². The van der Waals surface area contributed by atoms with E-state index in [-0.39, 0.29) is 11.6 Å². The third kappa shape index (κ3) is 4.00. The molecule has 1 fully saturated rings. The zero-order chi connectivity index (χ0) is 14.4. The molecule has 4 nitrogen and oxygen atoms in total. The Hall–Kier alpha value is -1.49. The van der Waals surface area contributed by atoms with Crippen LogP contribution in [0.2, 0.25) is 0 Å². The number of carbonyl (C=O) groups excluding carboxylic acids is 1. The van der Waals surface area contributed by atoms with Crippen LogP contribution in [-0.4, -0.2) is 40.6 Å². The summed E-state index contributed by atoms with van der Waals surface area (Å²) in [4.78, 5) is 15.1. The molecule has 1 aromatic carbocycles. The molecule has 0 aromatic heterocycles. The fourth-order valence-corrected chi connectivity index (χ4v) is 3.01. The van der Waals surface area contributed by atoms with Crippen LogP contribution in [0, 0.1) is 6.92 Å². The van der Waals surface area contributed by atoms with E-state index in [0.29, 0.717) is 5.75 Å². The van der Waals surface area contributed by atoms with Gasteiger partial charge in [-0.1, -0.05) is 22.9 Å². The minimum atomic E-state index is -0.133. The Labute approximate surface area is 123 Å². The van der Waals surface area contributed by atoms with E-state index in [1.54, 1.807) is 4.90 Å². The van der Waals surface area contributed by atoms with Crippen LogP contribution < -0.4 is 0 Å². The van der Waals surface area contributed by atoms with E-state index in [4.69, 9.17) is 5.21 Å². The summed E-state index contributed by atoms with van der Waals surface area (Å²) >= 11 is 1.52. The van der Waals surface area contributed by atoms with Gasteiger partial charge in [-0.05, 0) is 38.3 Å². The van der Waals surface area contributed by atoms with Crippen LogP contribution in [0.1, 0.15) is 24.8 Å². The molecule has 108 valence electrons. The highest BCUT2D eigenvalue weighted by atomic mass is 32.2. The van der Waals surface area contributed by atoms with Crippen molar-refractivity contribution < 1.29 is 10.0 Å². The summed E-state index contributed by atoms with van der Waals surface area (Å²) in [6.07, 6.45) is 3.25. The molecule has 0 atom stereocenters. The summed E-state index contributed by atoms with van der Waals surface area (Å²) in [5, 5.41) is 12.3. The van der Waals surface area contributed by atoms with Gasteiger partial charge in [0.1, 0.15) is 0 Å². The highest BCUT2D eigenvalue weighted by Crippen LogP contribution is 2.19.